The van der Waals surface area contributed by atoms with Crippen molar-refractivity contribution in [2.24, 2.45) is 11.3 Å². The summed E-state index contributed by atoms with van der Waals surface area (Å²) < 4.78 is 11.7. The molecule has 1 aromatic rings. The van der Waals surface area contributed by atoms with E-state index in [1.807, 2.05) is 6.07 Å². The Morgan fingerprint density at radius 2 is 1.86 bits per heavy atom. The van der Waals surface area contributed by atoms with Gasteiger partial charge in [0, 0.05) is 5.92 Å². The molecule has 1 saturated carbocycles. The van der Waals surface area contributed by atoms with Crippen molar-refractivity contribution < 1.29 is 9.47 Å². The van der Waals surface area contributed by atoms with Gasteiger partial charge in [0.05, 0.1) is 18.6 Å². The molecule has 3 heteroatoms. The Kier molecular flexibility index (Phi) is 4.35. The van der Waals surface area contributed by atoms with E-state index in [1.54, 1.807) is 0 Å². The molecule has 0 bridgehead atoms. The lowest BCUT2D eigenvalue weighted by Gasteiger charge is -2.33. The highest BCUT2D eigenvalue weighted by atomic mass is 35.5. The first-order valence-electron chi connectivity index (χ1n) is 8.18. The van der Waals surface area contributed by atoms with Gasteiger partial charge >= 0.3 is 0 Å². The average molecular weight is 309 g/mol. The fourth-order valence-electron chi connectivity index (χ4n) is 3.65. The highest BCUT2D eigenvalue weighted by Gasteiger charge is 2.39. The number of fused-ring (bicyclic) bond motifs is 1. The van der Waals surface area contributed by atoms with Crippen LogP contribution in [0.1, 0.15) is 56.9 Å². The van der Waals surface area contributed by atoms with Crippen molar-refractivity contribution >= 4 is 11.6 Å². The van der Waals surface area contributed by atoms with Crippen LogP contribution in [0, 0.1) is 11.3 Å². The Morgan fingerprint density at radius 1 is 1.19 bits per heavy atom. The van der Waals surface area contributed by atoms with E-state index >= 15 is 0 Å². The predicted octanol–water partition coefficient (Wildman–Crippen LogP) is 5.34. The minimum absolute atomic E-state index is 0.0691. The van der Waals surface area contributed by atoms with Crippen LogP contribution >= 0.6 is 11.6 Å². The number of rotatable bonds is 3. The third kappa shape index (κ3) is 2.88. The Balaban J connectivity index is 1.86. The van der Waals surface area contributed by atoms with Crippen molar-refractivity contribution in [1.82, 2.24) is 0 Å². The molecule has 2 nitrogen and oxygen atoms in total. The van der Waals surface area contributed by atoms with Crippen molar-refractivity contribution in [2.45, 2.75) is 51.3 Å². The quantitative estimate of drug-likeness (QED) is 0.701. The van der Waals surface area contributed by atoms with E-state index in [2.05, 4.69) is 26.0 Å². The first-order chi connectivity index (χ1) is 10.1. The lowest BCUT2D eigenvalue weighted by molar-refractivity contribution is 0.228. The van der Waals surface area contributed by atoms with Gasteiger partial charge in [-0.2, -0.15) is 0 Å². The van der Waals surface area contributed by atoms with Crippen LogP contribution in [0.4, 0.5) is 0 Å². The largest absolute Gasteiger partial charge is 0.489 e. The van der Waals surface area contributed by atoms with Crippen LogP contribution in [0.25, 0.3) is 0 Å². The standard InChI is InChI=1S/C18H25ClO2/c1-3-18(8-4-5-9-18)17(19)14-6-7-15-16(10-14)21-12-13(2)11-20-15/h6-7,10,13,17H,3-5,8-9,11-12H2,1-2H3. The fraction of sp³-hybridized carbons (Fsp3) is 0.667. The van der Waals surface area contributed by atoms with Crippen molar-refractivity contribution in [2.75, 3.05) is 13.2 Å². The third-order valence-corrected chi connectivity index (χ3v) is 5.86. The summed E-state index contributed by atoms with van der Waals surface area (Å²) in [5.41, 5.74) is 1.44. The molecular weight excluding hydrogens is 284 g/mol. The molecule has 1 aliphatic carbocycles. The summed E-state index contributed by atoms with van der Waals surface area (Å²) in [6.07, 6.45) is 6.23. The molecule has 21 heavy (non-hydrogen) atoms. The van der Waals surface area contributed by atoms with Gasteiger partial charge in [-0.3, -0.25) is 0 Å². The second-order valence-corrected chi connectivity index (χ2v) is 7.16. The van der Waals surface area contributed by atoms with Crippen LogP contribution in [0.3, 0.4) is 0 Å². The highest BCUT2D eigenvalue weighted by Crippen LogP contribution is 2.53. The molecule has 1 fully saturated rings. The summed E-state index contributed by atoms with van der Waals surface area (Å²) in [5.74, 6) is 2.13. The average Bonchev–Trinajstić information content (AvgIpc) is 2.93. The van der Waals surface area contributed by atoms with E-state index in [9.17, 15) is 0 Å². The summed E-state index contributed by atoms with van der Waals surface area (Å²) in [4.78, 5) is 0. The second-order valence-electron chi connectivity index (χ2n) is 6.72. The maximum absolute atomic E-state index is 6.88. The molecular formula is C18H25ClO2. The van der Waals surface area contributed by atoms with E-state index in [-0.39, 0.29) is 10.8 Å². The van der Waals surface area contributed by atoms with Crippen molar-refractivity contribution in [1.29, 1.82) is 0 Å². The SMILES string of the molecule is CCC1(C(Cl)c2ccc3c(c2)OCC(C)CO3)CCCC1. The molecule has 3 rings (SSSR count). The molecule has 1 aliphatic heterocycles. The Labute approximate surface area is 132 Å². The van der Waals surface area contributed by atoms with Gasteiger partial charge in [-0.15, -0.1) is 11.6 Å². The normalized spacial score (nSPS) is 25.4. The molecule has 1 aromatic carbocycles. The molecule has 1 heterocycles. The van der Waals surface area contributed by atoms with E-state index in [0.29, 0.717) is 12.5 Å². The molecule has 2 aliphatic rings. The summed E-state index contributed by atoms with van der Waals surface area (Å²) >= 11 is 6.88. The van der Waals surface area contributed by atoms with Gasteiger partial charge in [-0.25, -0.2) is 0 Å². The second kappa shape index (κ2) is 6.08. The zero-order valence-corrected chi connectivity index (χ0v) is 13.8. The number of alkyl halides is 1. The van der Waals surface area contributed by atoms with Gasteiger partial charge in [-0.1, -0.05) is 32.8 Å². The lowest BCUT2D eigenvalue weighted by atomic mass is 9.77. The third-order valence-electron chi connectivity index (χ3n) is 5.15. The molecule has 0 aromatic heterocycles. The maximum atomic E-state index is 6.88. The molecule has 0 saturated heterocycles. The Hall–Kier alpha value is -0.890. The molecule has 0 radical (unpaired) electrons. The summed E-state index contributed by atoms with van der Waals surface area (Å²) in [6, 6.07) is 6.24. The van der Waals surface area contributed by atoms with Crippen LogP contribution in [-0.4, -0.2) is 13.2 Å². The molecule has 2 unspecified atom stereocenters. The van der Waals surface area contributed by atoms with Crippen LogP contribution < -0.4 is 9.47 Å². The van der Waals surface area contributed by atoms with Crippen molar-refractivity contribution in [3.8, 4) is 11.5 Å². The fourth-order valence-corrected chi connectivity index (χ4v) is 4.15. The number of hydrogen-bond acceptors (Lipinski definition) is 2. The summed E-state index contributed by atoms with van der Waals surface area (Å²) in [7, 11) is 0. The zero-order valence-electron chi connectivity index (χ0n) is 13.0. The van der Waals surface area contributed by atoms with Crippen LogP contribution in [0.2, 0.25) is 0 Å². The first-order valence-corrected chi connectivity index (χ1v) is 8.62. The van der Waals surface area contributed by atoms with Crippen molar-refractivity contribution in [3.05, 3.63) is 23.8 Å². The molecule has 0 spiro atoms. The highest BCUT2D eigenvalue weighted by molar-refractivity contribution is 6.21. The van der Waals surface area contributed by atoms with Crippen LogP contribution in [0.5, 0.6) is 11.5 Å². The predicted molar refractivity (Wildman–Crippen MR) is 86.4 cm³/mol. The maximum Gasteiger partial charge on any atom is 0.161 e. The summed E-state index contributed by atoms with van der Waals surface area (Å²) in [5, 5.41) is 0.0691. The van der Waals surface area contributed by atoms with Crippen molar-refractivity contribution in [3.63, 3.8) is 0 Å². The van der Waals surface area contributed by atoms with E-state index in [4.69, 9.17) is 21.1 Å². The monoisotopic (exact) mass is 308 g/mol. The number of benzene rings is 1. The number of ether oxygens (including phenoxy) is 2. The number of hydrogen-bond donors (Lipinski definition) is 0. The Morgan fingerprint density at radius 3 is 2.52 bits per heavy atom. The summed E-state index contributed by atoms with van der Waals surface area (Å²) in [6.45, 7) is 5.84. The minimum atomic E-state index is 0.0691. The molecule has 2 atom stereocenters. The van der Waals surface area contributed by atoms with Gasteiger partial charge < -0.3 is 9.47 Å². The zero-order chi connectivity index (χ0) is 14.9. The minimum Gasteiger partial charge on any atom is -0.489 e. The topological polar surface area (TPSA) is 18.5 Å². The lowest BCUT2D eigenvalue weighted by Crippen LogP contribution is -2.21. The van der Waals surface area contributed by atoms with E-state index < -0.39 is 0 Å². The van der Waals surface area contributed by atoms with E-state index in [0.717, 1.165) is 24.5 Å². The van der Waals surface area contributed by atoms with Crippen LogP contribution in [0.15, 0.2) is 18.2 Å². The molecule has 116 valence electrons. The van der Waals surface area contributed by atoms with Gasteiger partial charge in [0.25, 0.3) is 0 Å². The molecule has 0 amide bonds. The Bertz CT molecular complexity index is 494. The van der Waals surface area contributed by atoms with E-state index in [1.165, 1.54) is 31.2 Å². The van der Waals surface area contributed by atoms with Gasteiger partial charge in [0.15, 0.2) is 11.5 Å². The molecule has 0 N–H and O–H groups in total. The van der Waals surface area contributed by atoms with Gasteiger partial charge in [-0.05, 0) is 42.4 Å². The van der Waals surface area contributed by atoms with Crippen LogP contribution in [-0.2, 0) is 0 Å². The van der Waals surface area contributed by atoms with Gasteiger partial charge in [0.2, 0.25) is 0 Å². The van der Waals surface area contributed by atoms with Gasteiger partial charge in [0.1, 0.15) is 0 Å². The number of halogens is 1. The first kappa shape index (κ1) is 15.0. The smallest absolute Gasteiger partial charge is 0.161 e.